The molecule has 0 aliphatic rings. The predicted octanol–water partition coefficient (Wildman–Crippen LogP) is 2.98. The largest absolute Gasteiger partial charge is 0.416 e. The van der Waals surface area contributed by atoms with Crippen LogP contribution in [-0.4, -0.2) is 9.97 Å². The van der Waals surface area contributed by atoms with E-state index in [2.05, 4.69) is 9.97 Å². The highest BCUT2D eigenvalue weighted by Gasteiger charge is 2.30. The van der Waals surface area contributed by atoms with Crippen molar-refractivity contribution in [3.8, 4) is 0 Å². The maximum absolute atomic E-state index is 12.6. The minimum atomic E-state index is -4.34. The monoisotopic (exact) mass is 267 g/mol. The molecule has 1 heterocycles. The molecular formula is C13H12F3N3. The smallest absolute Gasteiger partial charge is 0.384 e. The Balaban J connectivity index is 2.28. The average molecular weight is 267 g/mol. The standard InChI is InChI=1S/C13H12F3N3/c1-8-5-11(17)19-12(18-8)7-9-3-2-4-10(6-9)13(14,15)16/h2-6H,7H2,1H3,(H2,17,18,19). The molecule has 6 heteroatoms. The van der Waals surface area contributed by atoms with Crippen LogP contribution in [0.3, 0.4) is 0 Å². The molecule has 0 bridgehead atoms. The Kier molecular flexibility index (Phi) is 3.42. The Morgan fingerprint density at radius 1 is 1.16 bits per heavy atom. The first-order valence-electron chi connectivity index (χ1n) is 5.61. The second-order valence-electron chi connectivity index (χ2n) is 4.23. The molecular weight excluding hydrogens is 255 g/mol. The van der Waals surface area contributed by atoms with Crippen molar-refractivity contribution < 1.29 is 13.2 Å². The Bertz CT molecular complexity index is 574. The number of benzene rings is 1. The lowest BCUT2D eigenvalue weighted by Gasteiger charge is -2.08. The van der Waals surface area contributed by atoms with Crippen LogP contribution in [0.5, 0.6) is 0 Å². The molecule has 0 aliphatic carbocycles. The van der Waals surface area contributed by atoms with E-state index < -0.39 is 11.7 Å². The molecule has 0 fully saturated rings. The molecule has 2 aromatic rings. The van der Waals surface area contributed by atoms with Crippen LogP contribution in [-0.2, 0) is 12.6 Å². The summed E-state index contributed by atoms with van der Waals surface area (Å²) in [6.07, 6.45) is -4.13. The lowest BCUT2D eigenvalue weighted by atomic mass is 10.1. The van der Waals surface area contributed by atoms with Crippen LogP contribution in [0.2, 0.25) is 0 Å². The molecule has 100 valence electrons. The van der Waals surface area contributed by atoms with Gasteiger partial charge in [-0.25, -0.2) is 9.97 Å². The lowest BCUT2D eigenvalue weighted by molar-refractivity contribution is -0.137. The molecule has 0 saturated heterocycles. The second kappa shape index (κ2) is 4.87. The van der Waals surface area contributed by atoms with E-state index in [9.17, 15) is 13.2 Å². The lowest BCUT2D eigenvalue weighted by Crippen LogP contribution is -2.06. The summed E-state index contributed by atoms with van der Waals surface area (Å²) in [7, 11) is 0. The van der Waals surface area contributed by atoms with Crippen LogP contribution >= 0.6 is 0 Å². The molecule has 1 aromatic carbocycles. The molecule has 0 saturated carbocycles. The van der Waals surface area contributed by atoms with Crippen molar-refractivity contribution in [2.24, 2.45) is 0 Å². The summed E-state index contributed by atoms with van der Waals surface area (Å²) in [4.78, 5) is 8.16. The fourth-order valence-corrected chi connectivity index (χ4v) is 1.78. The van der Waals surface area contributed by atoms with Gasteiger partial charge in [0.15, 0.2) is 0 Å². The zero-order chi connectivity index (χ0) is 14.0. The Morgan fingerprint density at radius 2 is 1.89 bits per heavy atom. The van der Waals surface area contributed by atoms with Gasteiger partial charge in [0.2, 0.25) is 0 Å². The number of hydrogen-bond donors (Lipinski definition) is 1. The number of nitrogens with two attached hydrogens (primary N) is 1. The van der Waals surface area contributed by atoms with Crippen LogP contribution in [0.15, 0.2) is 30.3 Å². The van der Waals surface area contributed by atoms with Gasteiger partial charge in [-0.3, -0.25) is 0 Å². The van der Waals surface area contributed by atoms with Crippen molar-refractivity contribution >= 4 is 5.82 Å². The van der Waals surface area contributed by atoms with E-state index in [1.165, 1.54) is 6.07 Å². The Morgan fingerprint density at radius 3 is 2.53 bits per heavy atom. The van der Waals surface area contributed by atoms with Crippen LogP contribution < -0.4 is 5.73 Å². The molecule has 3 nitrogen and oxygen atoms in total. The van der Waals surface area contributed by atoms with Gasteiger partial charge in [0.05, 0.1) is 5.56 Å². The molecule has 0 atom stereocenters. The zero-order valence-corrected chi connectivity index (χ0v) is 10.2. The van der Waals surface area contributed by atoms with Gasteiger partial charge in [0, 0.05) is 18.2 Å². The SMILES string of the molecule is Cc1cc(N)nc(Cc2cccc(C(F)(F)F)c2)n1. The van der Waals surface area contributed by atoms with Gasteiger partial charge >= 0.3 is 6.18 Å². The summed E-state index contributed by atoms with van der Waals surface area (Å²) >= 11 is 0. The molecule has 2 N–H and O–H groups in total. The molecule has 2 rings (SSSR count). The number of anilines is 1. The quantitative estimate of drug-likeness (QED) is 0.910. The van der Waals surface area contributed by atoms with Crippen LogP contribution in [0.4, 0.5) is 19.0 Å². The zero-order valence-electron chi connectivity index (χ0n) is 10.2. The molecule has 0 unspecified atom stereocenters. The maximum Gasteiger partial charge on any atom is 0.416 e. The summed E-state index contributed by atoms with van der Waals surface area (Å²) in [5, 5.41) is 0. The molecule has 19 heavy (non-hydrogen) atoms. The van der Waals surface area contributed by atoms with E-state index in [1.807, 2.05) is 0 Å². The Labute approximate surface area is 108 Å². The van der Waals surface area contributed by atoms with E-state index in [0.29, 0.717) is 22.9 Å². The van der Waals surface area contributed by atoms with E-state index in [0.717, 1.165) is 12.1 Å². The molecule has 0 spiro atoms. The molecule has 0 amide bonds. The first kappa shape index (κ1) is 13.3. The first-order valence-corrected chi connectivity index (χ1v) is 5.61. The van der Waals surface area contributed by atoms with Crippen LogP contribution in [0.25, 0.3) is 0 Å². The third-order valence-corrected chi connectivity index (χ3v) is 2.54. The number of aryl methyl sites for hydroxylation is 1. The normalized spacial score (nSPS) is 11.6. The van der Waals surface area contributed by atoms with Crippen LogP contribution in [0, 0.1) is 6.92 Å². The number of alkyl halides is 3. The number of nitrogens with zero attached hydrogens (tertiary/aromatic N) is 2. The highest BCUT2D eigenvalue weighted by molar-refractivity contribution is 5.32. The summed E-state index contributed by atoms with van der Waals surface area (Å²) in [5.41, 5.74) is 6.09. The van der Waals surface area contributed by atoms with Gasteiger partial charge in [-0.1, -0.05) is 18.2 Å². The molecule has 1 aromatic heterocycles. The van der Waals surface area contributed by atoms with Gasteiger partial charge in [-0.05, 0) is 18.6 Å². The van der Waals surface area contributed by atoms with E-state index in [4.69, 9.17) is 5.73 Å². The third kappa shape index (κ3) is 3.43. The topological polar surface area (TPSA) is 51.8 Å². The van der Waals surface area contributed by atoms with Gasteiger partial charge < -0.3 is 5.73 Å². The van der Waals surface area contributed by atoms with Crippen molar-refractivity contribution in [1.29, 1.82) is 0 Å². The first-order chi connectivity index (χ1) is 8.84. The van der Waals surface area contributed by atoms with Gasteiger partial charge in [0.25, 0.3) is 0 Å². The second-order valence-corrected chi connectivity index (χ2v) is 4.23. The number of aromatic nitrogens is 2. The fourth-order valence-electron chi connectivity index (χ4n) is 1.78. The highest BCUT2D eigenvalue weighted by atomic mass is 19.4. The van der Waals surface area contributed by atoms with E-state index in [-0.39, 0.29) is 6.42 Å². The highest BCUT2D eigenvalue weighted by Crippen LogP contribution is 2.29. The van der Waals surface area contributed by atoms with Crippen molar-refractivity contribution in [3.05, 3.63) is 53.0 Å². The fraction of sp³-hybridized carbons (Fsp3) is 0.231. The number of hydrogen-bond acceptors (Lipinski definition) is 3. The molecule has 0 aliphatic heterocycles. The molecule has 0 radical (unpaired) electrons. The summed E-state index contributed by atoms with van der Waals surface area (Å²) in [5.74, 6) is 0.728. The van der Waals surface area contributed by atoms with E-state index >= 15 is 0 Å². The number of rotatable bonds is 2. The van der Waals surface area contributed by atoms with Crippen LogP contribution in [0.1, 0.15) is 22.6 Å². The minimum Gasteiger partial charge on any atom is -0.384 e. The summed E-state index contributed by atoms with van der Waals surface area (Å²) in [6.45, 7) is 1.76. The predicted molar refractivity (Wildman–Crippen MR) is 65.4 cm³/mol. The van der Waals surface area contributed by atoms with Crippen molar-refractivity contribution in [2.75, 3.05) is 5.73 Å². The number of halogens is 3. The van der Waals surface area contributed by atoms with Crippen molar-refractivity contribution in [3.63, 3.8) is 0 Å². The number of nitrogen functional groups attached to an aromatic ring is 1. The minimum absolute atomic E-state index is 0.218. The van der Waals surface area contributed by atoms with Crippen molar-refractivity contribution in [1.82, 2.24) is 9.97 Å². The average Bonchev–Trinajstić information content (AvgIpc) is 2.26. The van der Waals surface area contributed by atoms with Gasteiger partial charge in [-0.2, -0.15) is 13.2 Å². The maximum atomic E-state index is 12.6. The van der Waals surface area contributed by atoms with Crippen molar-refractivity contribution in [2.45, 2.75) is 19.5 Å². The van der Waals surface area contributed by atoms with Gasteiger partial charge in [0.1, 0.15) is 11.6 Å². The van der Waals surface area contributed by atoms with E-state index in [1.54, 1.807) is 19.1 Å². The third-order valence-electron chi connectivity index (χ3n) is 2.54. The Hall–Kier alpha value is -2.11. The van der Waals surface area contributed by atoms with Gasteiger partial charge in [-0.15, -0.1) is 0 Å². The summed E-state index contributed by atoms with van der Waals surface area (Å²) in [6, 6.07) is 6.72. The summed E-state index contributed by atoms with van der Waals surface area (Å²) < 4.78 is 37.8.